The van der Waals surface area contributed by atoms with Crippen LogP contribution < -0.4 is 10.6 Å². The van der Waals surface area contributed by atoms with Crippen molar-refractivity contribution >= 4 is 11.8 Å². The van der Waals surface area contributed by atoms with Crippen molar-refractivity contribution < 1.29 is 9.59 Å². The molecule has 0 unspecified atom stereocenters. The molecule has 0 fully saturated rings. The van der Waals surface area contributed by atoms with Crippen molar-refractivity contribution in [2.45, 2.75) is 33.2 Å². The van der Waals surface area contributed by atoms with E-state index in [1.807, 2.05) is 45.0 Å². The maximum Gasteiger partial charge on any atom is 0.239 e. The van der Waals surface area contributed by atoms with Crippen LogP contribution in [-0.4, -0.2) is 24.4 Å². The fourth-order valence-corrected chi connectivity index (χ4v) is 1.62. The second-order valence-electron chi connectivity index (χ2n) is 4.66. The van der Waals surface area contributed by atoms with Gasteiger partial charge >= 0.3 is 0 Å². The van der Waals surface area contributed by atoms with Gasteiger partial charge in [-0.25, -0.2) is 0 Å². The Balaban J connectivity index is 2.36. The molecule has 1 aromatic carbocycles. The largest absolute Gasteiger partial charge is 0.352 e. The molecule has 0 aliphatic heterocycles. The van der Waals surface area contributed by atoms with Crippen LogP contribution in [0.2, 0.25) is 0 Å². The Hall–Kier alpha value is -1.84. The van der Waals surface area contributed by atoms with E-state index in [1.165, 1.54) is 0 Å². The van der Waals surface area contributed by atoms with E-state index >= 15 is 0 Å². The first-order valence-electron chi connectivity index (χ1n) is 6.09. The van der Waals surface area contributed by atoms with Gasteiger partial charge in [-0.1, -0.05) is 29.8 Å². The summed E-state index contributed by atoms with van der Waals surface area (Å²) in [4.78, 5) is 23.0. The highest BCUT2D eigenvalue weighted by Crippen LogP contribution is 2.04. The molecule has 1 aromatic rings. The number of carbonyl (C=O) groups excluding carboxylic acids is 2. The van der Waals surface area contributed by atoms with Crippen molar-refractivity contribution in [2.24, 2.45) is 0 Å². The van der Waals surface area contributed by atoms with Crippen LogP contribution in [0, 0.1) is 6.92 Å². The Morgan fingerprint density at radius 2 is 1.94 bits per heavy atom. The van der Waals surface area contributed by atoms with Crippen molar-refractivity contribution in [2.75, 3.05) is 6.54 Å². The summed E-state index contributed by atoms with van der Waals surface area (Å²) in [6, 6.07) is 7.86. The maximum atomic E-state index is 11.6. The van der Waals surface area contributed by atoms with Crippen LogP contribution >= 0.6 is 0 Å². The number of aryl methyl sites for hydroxylation is 1. The Morgan fingerprint density at radius 1 is 1.22 bits per heavy atom. The zero-order valence-corrected chi connectivity index (χ0v) is 11.1. The molecule has 0 saturated carbocycles. The highest BCUT2D eigenvalue weighted by Gasteiger charge is 2.07. The van der Waals surface area contributed by atoms with Crippen molar-refractivity contribution in [1.29, 1.82) is 0 Å². The molecule has 0 radical (unpaired) electrons. The zero-order chi connectivity index (χ0) is 13.5. The topological polar surface area (TPSA) is 58.2 Å². The molecule has 2 amide bonds. The molecule has 4 nitrogen and oxygen atoms in total. The van der Waals surface area contributed by atoms with E-state index in [9.17, 15) is 9.59 Å². The Morgan fingerprint density at radius 3 is 2.56 bits per heavy atom. The Bertz CT molecular complexity index is 428. The Kier molecular flexibility index (Phi) is 5.36. The van der Waals surface area contributed by atoms with E-state index in [-0.39, 0.29) is 24.4 Å². The molecular weight excluding hydrogens is 228 g/mol. The van der Waals surface area contributed by atoms with Gasteiger partial charge in [-0.15, -0.1) is 0 Å². The number of rotatable bonds is 5. The molecule has 0 aromatic heterocycles. The first kappa shape index (κ1) is 14.2. The van der Waals surface area contributed by atoms with Gasteiger partial charge in [0.2, 0.25) is 11.8 Å². The summed E-state index contributed by atoms with van der Waals surface area (Å²) in [7, 11) is 0. The SMILES string of the molecule is Cc1cccc(CC(=O)NCC(=O)NC(C)C)c1. The molecule has 0 spiro atoms. The molecule has 0 aliphatic rings. The van der Waals surface area contributed by atoms with Crippen LogP contribution in [0.15, 0.2) is 24.3 Å². The van der Waals surface area contributed by atoms with Gasteiger partial charge in [0, 0.05) is 6.04 Å². The zero-order valence-electron chi connectivity index (χ0n) is 11.1. The predicted octanol–water partition coefficient (Wildman–Crippen LogP) is 1.18. The average molecular weight is 248 g/mol. The molecule has 0 bridgehead atoms. The van der Waals surface area contributed by atoms with Crippen LogP contribution in [-0.2, 0) is 16.0 Å². The third kappa shape index (κ3) is 5.48. The molecule has 4 heteroatoms. The summed E-state index contributed by atoms with van der Waals surface area (Å²) < 4.78 is 0. The van der Waals surface area contributed by atoms with Crippen molar-refractivity contribution in [3.8, 4) is 0 Å². The first-order chi connectivity index (χ1) is 8.47. The molecule has 1 rings (SSSR count). The van der Waals surface area contributed by atoms with Crippen LogP contribution in [0.1, 0.15) is 25.0 Å². The fourth-order valence-electron chi connectivity index (χ4n) is 1.62. The lowest BCUT2D eigenvalue weighted by atomic mass is 10.1. The summed E-state index contributed by atoms with van der Waals surface area (Å²) in [5.41, 5.74) is 2.08. The van der Waals surface area contributed by atoms with Gasteiger partial charge < -0.3 is 10.6 Å². The van der Waals surface area contributed by atoms with Gasteiger partial charge in [-0.2, -0.15) is 0 Å². The lowest BCUT2D eigenvalue weighted by Crippen LogP contribution is -2.40. The summed E-state index contributed by atoms with van der Waals surface area (Å²) in [5.74, 6) is -0.304. The normalized spacial score (nSPS) is 10.2. The minimum absolute atomic E-state index is 0.0306. The van der Waals surface area contributed by atoms with Crippen LogP contribution in [0.3, 0.4) is 0 Å². The van der Waals surface area contributed by atoms with Gasteiger partial charge in [-0.3, -0.25) is 9.59 Å². The lowest BCUT2D eigenvalue weighted by Gasteiger charge is -2.09. The summed E-state index contributed by atoms with van der Waals surface area (Å²) in [6.07, 6.45) is 0.302. The Labute approximate surface area is 108 Å². The quantitative estimate of drug-likeness (QED) is 0.822. The van der Waals surface area contributed by atoms with E-state index in [4.69, 9.17) is 0 Å². The van der Waals surface area contributed by atoms with E-state index in [0.29, 0.717) is 6.42 Å². The monoisotopic (exact) mass is 248 g/mol. The third-order valence-corrected chi connectivity index (χ3v) is 2.34. The minimum Gasteiger partial charge on any atom is -0.352 e. The molecule has 18 heavy (non-hydrogen) atoms. The molecule has 2 N–H and O–H groups in total. The van der Waals surface area contributed by atoms with Gasteiger partial charge in [0.05, 0.1) is 13.0 Å². The van der Waals surface area contributed by atoms with Crippen LogP contribution in [0.4, 0.5) is 0 Å². The fraction of sp³-hybridized carbons (Fsp3) is 0.429. The molecule has 0 saturated heterocycles. The third-order valence-electron chi connectivity index (χ3n) is 2.34. The molecule has 0 atom stereocenters. The number of carbonyl (C=O) groups is 2. The maximum absolute atomic E-state index is 11.6. The number of hydrogen-bond acceptors (Lipinski definition) is 2. The minimum atomic E-state index is -0.164. The number of nitrogens with one attached hydrogen (secondary N) is 2. The van der Waals surface area contributed by atoms with Gasteiger partial charge in [0.25, 0.3) is 0 Å². The van der Waals surface area contributed by atoms with E-state index in [2.05, 4.69) is 10.6 Å². The van der Waals surface area contributed by atoms with E-state index < -0.39 is 0 Å². The van der Waals surface area contributed by atoms with E-state index in [1.54, 1.807) is 0 Å². The second-order valence-corrected chi connectivity index (χ2v) is 4.66. The highest BCUT2D eigenvalue weighted by molar-refractivity contribution is 5.85. The summed E-state index contributed by atoms with van der Waals surface area (Å²) >= 11 is 0. The predicted molar refractivity (Wildman–Crippen MR) is 71.2 cm³/mol. The molecular formula is C14H20N2O2. The first-order valence-corrected chi connectivity index (χ1v) is 6.09. The van der Waals surface area contributed by atoms with Crippen molar-refractivity contribution in [3.05, 3.63) is 35.4 Å². The van der Waals surface area contributed by atoms with Gasteiger partial charge in [0.1, 0.15) is 0 Å². The number of amides is 2. The van der Waals surface area contributed by atoms with Crippen LogP contribution in [0.5, 0.6) is 0 Å². The van der Waals surface area contributed by atoms with Crippen molar-refractivity contribution in [3.63, 3.8) is 0 Å². The summed E-state index contributed by atoms with van der Waals surface area (Å²) in [5, 5.41) is 5.32. The molecule has 0 aliphatic carbocycles. The number of benzene rings is 1. The molecule has 0 heterocycles. The van der Waals surface area contributed by atoms with Gasteiger partial charge in [0.15, 0.2) is 0 Å². The van der Waals surface area contributed by atoms with Crippen LogP contribution in [0.25, 0.3) is 0 Å². The smallest absolute Gasteiger partial charge is 0.239 e. The second kappa shape index (κ2) is 6.79. The average Bonchev–Trinajstić information content (AvgIpc) is 2.25. The standard InChI is InChI=1S/C14H20N2O2/c1-10(2)16-14(18)9-15-13(17)8-12-6-4-5-11(3)7-12/h4-7,10H,8-9H2,1-3H3,(H,15,17)(H,16,18). The van der Waals surface area contributed by atoms with Crippen molar-refractivity contribution in [1.82, 2.24) is 10.6 Å². The highest BCUT2D eigenvalue weighted by atomic mass is 16.2. The number of hydrogen-bond donors (Lipinski definition) is 2. The van der Waals surface area contributed by atoms with Gasteiger partial charge in [-0.05, 0) is 26.3 Å². The summed E-state index contributed by atoms with van der Waals surface area (Å²) in [6.45, 7) is 5.78. The van der Waals surface area contributed by atoms with E-state index in [0.717, 1.165) is 11.1 Å². The lowest BCUT2D eigenvalue weighted by molar-refractivity contribution is -0.126. The molecule has 98 valence electrons.